The third-order valence-corrected chi connectivity index (χ3v) is 16.7. The molecule has 6 heteroatoms. The molecular formula is C72H45BN4O. The topological polar surface area (TPSA) is 27.3 Å². The van der Waals surface area contributed by atoms with Crippen molar-refractivity contribution in [3.05, 3.63) is 273 Å². The summed E-state index contributed by atoms with van der Waals surface area (Å²) in [6.07, 6.45) is 0. The fraction of sp³-hybridized carbons (Fsp3) is 0. The SMILES string of the molecule is c1ccc(-c2ccccc2N2c3cc(-c4cccc(-n5c6ccccc6c6ccccc65)c4-n4c5ccccc5c5ccccc54)ccc3B3c4ccc(-n5c6ccccc6c6ccccc65)cc4Oc4cccc2c43)cc1. The normalized spacial score (nSPS) is 12.7. The first-order valence-corrected chi connectivity index (χ1v) is 26.9. The molecule has 0 saturated carbocycles. The van der Waals surface area contributed by atoms with E-state index in [1.54, 1.807) is 0 Å². The van der Waals surface area contributed by atoms with E-state index >= 15 is 0 Å². The molecule has 0 aliphatic carbocycles. The first kappa shape index (κ1) is 43.0. The summed E-state index contributed by atoms with van der Waals surface area (Å²) in [6.45, 7) is -0.114. The Labute approximate surface area is 450 Å². The Morgan fingerprint density at radius 2 is 0.756 bits per heavy atom. The molecule has 0 saturated heterocycles. The highest BCUT2D eigenvalue weighted by Crippen LogP contribution is 2.48. The summed E-state index contributed by atoms with van der Waals surface area (Å²) in [4.78, 5) is 2.51. The maximum Gasteiger partial charge on any atom is 0.256 e. The molecule has 0 radical (unpaired) electrons. The van der Waals surface area contributed by atoms with E-state index in [2.05, 4.69) is 292 Å². The van der Waals surface area contributed by atoms with Gasteiger partial charge >= 0.3 is 0 Å². The summed E-state index contributed by atoms with van der Waals surface area (Å²) in [6, 6.07) is 100. The predicted octanol–water partition coefficient (Wildman–Crippen LogP) is 16.7. The van der Waals surface area contributed by atoms with Gasteiger partial charge in [0, 0.05) is 66.6 Å². The summed E-state index contributed by atoms with van der Waals surface area (Å²) in [5.74, 6) is 1.73. The van der Waals surface area contributed by atoms with E-state index in [1.807, 2.05) is 0 Å². The number of benzene rings is 12. The van der Waals surface area contributed by atoms with Crippen LogP contribution < -0.4 is 26.0 Å². The van der Waals surface area contributed by atoms with Gasteiger partial charge in [-0.25, -0.2) is 0 Å². The van der Waals surface area contributed by atoms with Gasteiger partial charge in [-0.1, -0.05) is 194 Å². The minimum absolute atomic E-state index is 0.114. The van der Waals surface area contributed by atoms with Crippen LogP contribution in [0.25, 0.3) is 105 Å². The molecular weight excluding hydrogens is 948 g/mol. The van der Waals surface area contributed by atoms with Crippen molar-refractivity contribution in [2.45, 2.75) is 0 Å². The van der Waals surface area contributed by atoms with E-state index in [9.17, 15) is 0 Å². The molecule has 2 aliphatic heterocycles. The van der Waals surface area contributed by atoms with Crippen molar-refractivity contribution in [2.75, 3.05) is 4.90 Å². The minimum atomic E-state index is -0.114. The lowest BCUT2D eigenvalue weighted by Gasteiger charge is -2.41. The molecule has 0 unspecified atom stereocenters. The second kappa shape index (κ2) is 16.6. The summed E-state index contributed by atoms with van der Waals surface area (Å²) < 4.78 is 14.6. The molecule has 2 aliphatic rings. The molecule has 0 N–H and O–H groups in total. The molecule has 0 atom stereocenters. The third-order valence-electron chi connectivity index (χ3n) is 16.7. The van der Waals surface area contributed by atoms with E-state index in [-0.39, 0.29) is 6.71 Å². The Morgan fingerprint density at radius 3 is 1.37 bits per heavy atom. The zero-order chi connectivity index (χ0) is 51.0. The number of ether oxygens (including phenoxy) is 1. The number of para-hydroxylation sites is 8. The summed E-state index contributed by atoms with van der Waals surface area (Å²) >= 11 is 0. The van der Waals surface area contributed by atoms with Crippen molar-refractivity contribution in [1.82, 2.24) is 13.7 Å². The van der Waals surface area contributed by atoms with E-state index in [0.717, 1.165) is 89.8 Å². The van der Waals surface area contributed by atoms with Crippen molar-refractivity contribution in [3.63, 3.8) is 0 Å². The number of rotatable bonds is 6. The maximum atomic E-state index is 7.19. The monoisotopic (exact) mass is 992 g/mol. The number of anilines is 3. The van der Waals surface area contributed by atoms with Gasteiger partial charge in [-0.15, -0.1) is 0 Å². The lowest BCUT2D eigenvalue weighted by atomic mass is 9.34. The van der Waals surface area contributed by atoms with Crippen LogP contribution in [0.3, 0.4) is 0 Å². The van der Waals surface area contributed by atoms with Crippen LogP contribution in [-0.4, -0.2) is 20.4 Å². The number of nitrogens with zero attached hydrogens (tertiary/aromatic N) is 4. The predicted molar refractivity (Wildman–Crippen MR) is 326 cm³/mol. The summed E-state index contributed by atoms with van der Waals surface area (Å²) in [5.41, 5.74) is 21.7. The third kappa shape index (κ3) is 6.08. The largest absolute Gasteiger partial charge is 0.458 e. The first-order chi connectivity index (χ1) is 38.7. The van der Waals surface area contributed by atoms with E-state index in [4.69, 9.17) is 4.74 Å². The fourth-order valence-electron chi connectivity index (χ4n) is 13.5. The van der Waals surface area contributed by atoms with Crippen molar-refractivity contribution in [3.8, 4) is 50.8 Å². The summed E-state index contributed by atoms with van der Waals surface area (Å²) in [7, 11) is 0. The molecule has 0 fully saturated rings. The minimum Gasteiger partial charge on any atom is -0.458 e. The lowest BCUT2D eigenvalue weighted by molar-refractivity contribution is 0.487. The van der Waals surface area contributed by atoms with Crippen LogP contribution in [0.5, 0.6) is 11.5 Å². The van der Waals surface area contributed by atoms with Crippen LogP contribution in [0.2, 0.25) is 0 Å². The van der Waals surface area contributed by atoms with Gasteiger partial charge in [0.05, 0.1) is 50.2 Å². The van der Waals surface area contributed by atoms with Gasteiger partial charge in [0.25, 0.3) is 6.71 Å². The van der Waals surface area contributed by atoms with Gasteiger partial charge in [-0.3, -0.25) is 0 Å². The Balaban J connectivity index is 0.944. The zero-order valence-corrected chi connectivity index (χ0v) is 42.3. The molecule has 362 valence electrons. The Hall–Kier alpha value is -10.3. The van der Waals surface area contributed by atoms with Gasteiger partial charge < -0.3 is 23.3 Å². The van der Waals surface area contributed by atoms with Gasteiger partial charge in [0.15, 0.2) is 0 Å². The second-order valence-electron chi connectivity index (χ2n) is 20.7. The van der Waals surface area contributed by atoms with Crippen molar-refractivity contribution >= 4 is 106 Å². The Morgan fingerprint density at radius 1 is 0.282 bits per heavy atom. The average Bonchev–Trinajstić information content (AvgIpc) is 4.08. The van der Waals surface area contributed by atoms with Crippen LogP contribution in [0.15, 0.2) is 273 Å². The van der Waals surface area contributed by atoms with Crippen LogP contribution in [-0.2, 0) is 0 Å². The molecule has 0 amide bonds. The number of hydrogen-bond acceptors (Lipinski definition) is 2. The van der Waals surface area contributed by atoms with Crippen LogP contribution in [0, 0.1) is 0 Å². The highest BCUT2D eigenvalue weighted by molar-refractivity contribution is 6.99. The lowest BCUT2D eigenvalue weighted by Crippen LogP contribution is -2.59. The number of aromatic nitrogens is 3. The van der Waals surface area contributed by atoms with Gasteiger partial charge in [0.1, 0.15) is 11.5 Å². The maximum absolute atomic E-state index is 7.19. The smallest absolute Gasteiger partial charge is 0.256 e. The van der Waals surface area contributed by atoms with Crippen LogP contribution >= 0.6 is 0 Å². The molecule has 3 aromatic heterocycles. The van der Waals surface area contributed by atoms with Gasteiger partial charge in [0.2, 0.25) is 0 Å². The zero-order valence-electron chi connectivity index (χ0n) is 42.3. The molecule has 0 bridgehead atoms. The fourth-order valence-corrected chi connectivity index (χ4v) is 13.5. The second-order valence-corrected chi connectivity index (χ2v) is 20.7. The highest BCUT2D eigenvalue weighted by atomic mass is 16.5. The first-order valence-electron chi connectivity index (χ1n) is 26.9. The number of hydrogen-bond donors (Lipinski definition) is 0. The van der Waals surface area contributed by atoms with Crippen LogP contribution in [0.4, 0.5) is 17.1 Å². The molecule has 5 heterocycles. The highest BCUT2D eigenvalue weighted by Gasteiger charge is 2.42. The van der Waals surface area contributed by atoms with E-state index < -0.39 is 0 Å². The Bertz CT molecular complexity index is 4830. The molecule has 78 heavy (non-hydrogen) atoms. The van der Waals surface area contributed by atoms with E-state index in [0.29, 0.717) is 0 Å². The van der Waals surface area contributed by atoms with Crippen molar-refractivity contribution in [2.24, 2.45) is 0 Å². The van der Waals surface area contributed by atoms with Crippen molar-refractivity contribution in [1.29, 1.82) is 0 Å². The molecule has 15 aromatic rings. The molecule has 12 aromatic carbocycles. The van der Waals surface area contributed by atoms with Crippen molar-refractivity contribution < 1.29 is 4.74 Å². The van der Waals surface area contributed by atoms with E-state index in [1.165, 1.54) is 59.8 Å². The van der Waals surface area contributed by atoms with Gasteiger partial charge in [-0.2, -0.15) is 0 Å². The quantitative estimate of drug-likeness (QED) is 0.155. The standard InChI is InChI=1S/C72H45BN4O/c1-2-20-46(21-3-1)49-22-4-11-30-59(49)76-66-37-19-39-69-71(66)73(58-43-41-48(45-70(58)78-69)74-60-31-12-5-23-51(60)52-24-6-13-32-61(52)74)57-42-40-47(44-68(57)76)50-29-18-38-67(75-62-33-14-7-25-53(62)54-26-8-15-34-63(54)75)72(50)77-64-35-16-9-27-55(64)56-28-10-17-36-65(56)77/h1-45H. The molecule has 17 rings (SSSR count). The molecule has 0 spiro atoms. The van der Waals surface area contributed by atoms with Crippen LogP contribution in [0.1, 0.15) is 0 Å². The molecule has 5 nitrogen and oxygen atoms in total. The number of fused-ring (bicyclic) bond motifs is 13. The Kier molecular flexibility index (Phi) is 9.15. The average molecular weight is 993 g/mol. The van der Waals surface area contributed by atoms with Gasteiger partial charge in [-0.05, 0) is 100 Å². The summed E-state index contributed by atoms with van der Waals surface area (Å²) in [5, 5.41) is 7.36.